The Kier molecular flexibility index (Phi) is 4.50. The maximum Gasteiger partial charge on any atom is 0.417 e. The Hall–Kier alpha value is -0.930. The number of ether oxygens (including phenoxy) is 1. The molecular weight excluding hydrogens is 295 g/mol. The van der Waals surface area contributed by atoms with E-state index < -0.39 is 11.8 Å². The fourth-order valence-corrected chi connectivity index (χ4v) is 2.78. The van der Waals surface area contributed by atoms with Crippen molar-refractivity contribution >= 4 is 16.7 Å². The lowest BCUT2D eigenvalue weighted by Crippen LogP contribution is -2.53. The third-order valence-corrected chi connectivity index (χ3v) is 4.19. The molecule has 20 heavy (non-hydrogen) atoms. The van der Waals surface area contributed by atoms with Gasteiger partial charge in [-0.15, -0.1) is 0 Å². The lowest BCUT2D eigenvalue weighted by Gasteiger charge is -2.38. The van der Waals surface area contributed by atoms with Crippen LogP contribution in [0.15, 0.2) is 0 Å². The third-order valence-electron chi connectivity index (χ3n) is 3.38. The minimum absolute atomic E-state index is 0.120. The van der Waals surface area contributed by atoms with Gasteiger partial charge in [0.1, 0.15) is 5.82 Å². The number of hydrogen-bond acceptors (Lipinski definition) is 6. The number of alkyl halides is 3. The molecule has 0 radical (unpaired) electrons. The van der Waals surface area contributed by atoms with Crippen LogP contribution in [0.5, 0.6) is 0 Å². The first-order chi connectivity index (χ1) is 9.36. The Bertz CT molecular complexity index is 444. The van der Waals surface area contributed by atoms with Gasteiger partial charge in [0.25, 0.3) is 0 Å². The molecule has 9 heteroatoms. The second kappa shape index (κ2) is 5.82. The van der Waals surface area contributed by atoms with E-state index in [1.807, 2.05) is 0 Å². The van der Waals surface area contributed by atoms with Gasteiger partial charge in [-0.25, -0.2) is 4.98 Å². The molecule has 0 aromatic carbocycles. The first-order valence-electron chi connectivity index (χ1n) is 6.21. The first-order valence-corrected chi connectivity index (χ1v) is 6.99. The van der Waals surface area contributed by atoms with Crippen LogP contribution >= 0.6 is 11.5 Å². The summed E-state index contributed by atoms with van der Waals surface area (Å²) >= 11 is 1.16. The maximum atomic E-state index is 12.7. The highest BCUT2D eigenvalue weighted by Crippen LogP contribution is 2.39. The van der Waals surface area contributed by atoms with Crippen molar-refractivity contribution in [3.8, 4) is 0 Å². The van der Waals surface area contributed by atoms with E-state index in [1.54, 1.807) is 12.0 Å². The predicted molar refractivity (Wildman–Crippen MR) is 67.9 cm³/mol. The maximum absolute atomic E-state index is 12.7. The van der Waals surface area contributed by atoms with Crippen molar-refractivity contribution in [2.45, 2.75) is 31.0 Å². The molecule has 1 N–H and O–H groups in total. The van der Waals surface area contributed by atoms with Crippen molar-refractivity contribution in [2.24, 2.45) is 0 Å². The summed E-state index contributed by atoms with van der Waals surface area (Å²) in [6.45, 7) is 0.744. The first kappa shape index (κ1) is 15.5. The highest BCUT2D eigenvalue weighted by atomic mass is 32.1. The molecule has 0 spiro atoms. The van der Waals surface area contributed by atoms with Crippen LogP contribution in [0.4, 0.5) is 18.3 Å². The Balaban J connectivity index is 1.95. The summed E-state index contributed by atoms with van der Waals surface area (Å²) in [5, 5.41) is 10.2. The number of methoxy groups -OCH3 is 1. The van der Waals surface area contributed by atoms with Crippen LogP contribution in [0.2, 0.25) is 0 Å². The van der Waals surface area contributed by atoms with Crippen molar-refractivity contribution in [1.82, 2.24) is 9.36 Å². The third kappa shape index (κ3) is 3.21. The molecule has 1 aliphatic rings. The zero-order valence-electron chi connectivity index (χ0n) is 11.0. The fraction of sp³-hybridized carbons (Fsp3) is 0.818. The van der Waals surface area contributed by atoms with Crippen molar-refractivity contribution in [3.63, 3.8) is 0 Å². The smallest absolute Gasteiger partial charge is 0.384 e. The molecule has 1 fully saturated rings. The second-order valence-corrected chi connectivity index (χ2v) is 5.48. The van der Waals surface area contributed by atoms with Crippen LogP contribution in [0.25, 0.3) is 0 Å². The number of piperidine rings is 1. The van der Waals surface area contributed by atoms with Gasteiger partial charge in [-0.2, -0.15) is 17.5 Å². The molecule has 5 nitrogen and oxygen atoms in total. The van der Waals surface area contributed by atoms with Crippen LogP contribution in [-0.2, 0) is 11.2 Å². The van der Waals surface area contributed by atoms with Gasteiger partial charge in [0.05, 0.1) is 6.61 Å². The van der Waals surface area contributed by atoms with Gasteiger partial charge < -0.3 is 14.7 Å². The van der Waals surface area contributed by atoms with E-state index in [0.29, 0.717) is 24.0 Å². The number of anilines is 1. The highest BCUT2D eigenvalue weighted by molar-refractivity contribution is 7.09. The van der Waals surface area contributed by atoms with Gasteiger partial charge >= 0.3 is 6.18 Å². The van der Waals surface area contributed by atoms with Gasteiger partial charge in [-0.3, -0.25) is 0 Å². The molecule has 1 aliphatic heterocycles. The van der Waals surface area contributed by atoms with Crippen LogP contribution in [0.3, 0.4) is 0 Å². The molecule has 0 saturated carbocycles. The molecule has 2 rings (SSSR count). The lowest BCUT2D eigenvalue weighted by molar-refractivity contribution is -0.266. The van der Waals surface area contributed by atoms with E-state index in [4.69, 9.17) is 4.74 Å². The number of halogens is 3. The lowest BCUT2D eigenvalue weighted by atomic mass is 9.91. The summed E-state index contributed by atoms with van der Waals surface area (Å²) in [6.07, 6.45) is -4.69. The molecule has 0 bridgehead atoms. The fourth-order valence-electron chi connectivity index (χ4n) is 2.02. The monoisotopic (exact) mass is 311 g/mol. The van der Waals surface area contributed by atoms with Gasteiger partial charge in [0.15, 0.2) is 5.60 Å². The van der Waals surface area contributed by atoms with Crippen LogP contribution in [0, 0.1) is 0 Å². The summed E-state index contributed by atoms with van der Waals surface area (Å²) in [4.78, 5) is 6.00. The number of hydrogen-bond donors (Lipinski definition) is 1. The van der Waals surface area contributed by atoms with E-state index in [0.717, 1.165) is 11.5 Å². The minimum Gasteiger partial charge on any atom is -0.384 e. The molecule has 0 aliphatic carbocycles. The summed E-state index contributed by atoms with van der Waals surface area (Å²) in [7, 11) is 1.58. The molecule has 114 valence electrons. The number of aliphatic hydroxyl groups is 1. The predicted octanol–water partition coefficient (Wildman–Crippen LogP) is 1.62. The minimum atomic E-state index is -4.58. The molecule has 0 amide bonds. The van der Waals surface area contributed by atoms with Gasteiger partial charge in [-0.1, -0.05) is 0 Å². The highest BCUT2D eigenvalue weighted by Gasteiger charge is 2.54. The van der Waals surface area contributed by atoms with Crippen LogP contribution < -0.4 is 4.90 Å². The van der Waals surface area contributed by atoms with E-state index in [2.05, 4.69) is 9.36 Å². The van der Waals surface area contributed by atoms with Crippen molar-refractivity contribution in [2.75, 3.05) is 31.7 Å². The quantitative estimate of drug-likeness (QED) is 0.916. The summed E-state index contributed by atoms with van der Waals surface area (Å²) in [6, 6.07) is 0. The van der Waals surface area contributed by atoms with E-state index >= 15 is 0 Å². The number of rotatable bonds is 4. The molecular formula is C11H16F3N3O2S. The zero-order valence-corrected chi connectivity index (χ0v) is 11.8. The Labute approximate surface area is 118 Å². The van der Waals surface area contributed by atoms with Crippen molar-refractivity contribution in [3.05, 3.63) is 5.82 Å². The zero-order chi connectivity index (χ0) is 14.8. The van der Waals surface area contributed by atoms with Crippen molar-refractivity contribution < 1.29 is 23.0 Å². The molecule has 0 atom stereocenters. The molecule has 1 aromatic heterocycles. The summed E-state index contributed by atoms with van der Waals surface area (Å²) in [5.41, 5.74) is -2.58. The average Bonchev–Trinajstić information content (AvgIpc) is 2.84. The Morgan fingerprint density at radius 3 is 2.60 bits per heavy atom. The molecule has 2 heterocycles. The Morgan fingerprint density at radius 1 is 1.40 bits per heavy atom. The summed E-state index contributed by atoms with van der Waals surface area (Å²) in [5.74, 6) is 0.628. The van der Waals surface area contributed by atoms with Crippen LogP contribution in [-0.4, -0.2) is 53.0 Å². The van der Waals surface area contributed by atoms with E-state index in [-0.39, 0.29) is 25.9 Å². The van der Waals surface area contributed by atoms with Gasteiger partial charge in [-0.05, 0) is 0 Å². The second-order valence-electron chi connectivity index (χ2n) is 4.75. The Morgan fingerprint density at radius 2 is 2.05 bits per heavy atom. The van der Waals surface area contributed by atoms with E-state index in [1.165, 1.54) is 0 Å². The standard InChI is InChI=1S/C11H16F3N3O2S/c1-19-7-2-8-15-9(20-16-8)17-5-3-10(18,4-6-17)11(12,13)14/h18H,2-7H2,1H3. The largest absolute Gasteiger partial charge is 0.417 e. The summed E-state index contributed by atoms with van der Waals surface area (Å²) < 4.78 is 47.1. The van der Waals surface area contributed by atoms with E-state index in [9.17, 15) is 18.3 Å². The van der Waals surface area contributed by atoms with Crippen molar-refractivity contribution in [1.29, 1.82) is 0 Å². The van der Waals surface area contributed by atoms with Gasteiger partial charge in [0, 0.05) is 51.0 Å². The molecule has 1 saturated heterocycles. The average molecular weight is 311 g/mol. The van der Waals surface area contributed by atoms with Gasteiger partial charge in [0.2, 0.25) is 5.13 Å². The van der Waals surface area contributed by atoms with Crippen LogP contribution in [0.1, 0.15) is 18.7 Å². The normalized spacial score (nSPS) is 19.4. The molecule has 1 aromatic rings. The molecule has 0 unspecified atom stereocenters. The number of aromatic nitrogens is 2. The number of nitrogens with zero attached hydrogens (tertiary/aromatic N) is 3. The SMILES string of the molecule is COCCc1nsc(N2CCC(O)(C(F)(F)F)CC2)n1. The topological polar surface area (TPSA) is 58.5 Å².